The highest BCUT2D eigenvalue weighted by atomic mass is 32.2. The van der Waals surface area contributed by atoms with Crippen LogP contribution in [-0.4, -0.2) is 27.1 Å². The zero-order chi connectivity index (χ0) is 22.0. The maximum absolute atomic E-state index is 13.6. The summed E-state index contributed by atoms with van der Waals surface area (Å²) in [5.41, 5.74) is 3.46. The standard InChI is InChI=1S/C25H24N2O3S/c1-4-24-23-7-5-6-8-25(23)27(31(28,29)22-15-9-19(2)10-16-22)18-26(24)17-20-11-13-21(30-3)14-12-20/h1,5-16,24H,17-18H2,2-3H3/t24-/m0/s1. The van der Waals surface area contributed by atoms with E-state index in [0.717, 1.165) is 22.4 Å². The second-order valence-electron chi connectivity index (χ2n) is 7.53. The summed E-state index contributed by atoms with van der Waals surface area (Å²) < 4.78 is 33.8. The first-order chi connectivity index (χ1) is 14.9. The highest BCUT2D eigenvalue weighted by Gasteiger charge is 2.36. The number of aryl methyl sites for hydroxylation is 1. The van der Waals surface area contributed by atoms with Gasteiger partial charge < -0.3 is 4.74 Å². The molecule has 0 bridgehead atoms. The summed E-state index contributed by atoms with van der Waals surface area (Å²) in [7, 11) is -2.13. The molecule has 5 nitrogen and oxygen atoms in total. The quantitative estimate of drug-likeness (QED) is 0.563. The Hall–Kier alpha value is -3.27. The minimum absolute atomic E-state index is 0.161. The maximum Gasteiger partial charge on any atom is 0.265 e. The summed E-state index contributed by atoms with van der Waals surface area (Å²) in [6.45, 7) is 2.60. The fraction of sp³-hybridized carbons (Fsp3) is 0.200. The largest absolute Gasteiger partial charge is 0.497 e. The fourth-order valence-electron chi connectivity index (χ4n) is 3.81. The van der Waals surface area contributed by atoms with Crippen molar-refractivity contribution in [1.29, 1.82) is 0 Å². The molecule has 3 aromatic rings. The first kappa shape index (κ1) is 21.0. The fourth-order valence-corrected chi connectivity index (χ4v) is 5.27. The molecule has 0 unspecified atom stereocenters. The molecular formula is C25H24N2O3S. The van der Waals surface area contributed by atoms with Crippen LogP contribution in [0.25, 0.3) is 0 Å². The van der Waals surface area contributed by atoms with Crippen molar-refractivity contribution in [2.24, 2.45) is 0 Å². The van der Waals surface area contributed by atoms with Gasteiger partial charge in [-0.25, -0.2) is 8.42 Å². The van der Waals surface area contributed by atoms with E-state index in [1.807, 2.05) is 72.5 Å². The number of hydrogen-bond donors (Lipinski definition) is 0. The molecule has 158 valence electrons. The van der Waals surface area contributed by atoms with Crippen LogP contribution in [0.1, 0.15) is 22.7 Å². The van der Waals surface area contributed by atoms with Crippen molar-refractivity contribution >= 4 is 15.7 Å². The molecule has 1 atom stereocenters. The van der Waals surface area contributed by atoms with Crippen molar-refractivity contribution in [3.05, 3.63) is 89.5 Å². The molecule has 0 saturated carbocycles. The lowest BCUT2D eigenvalue weighted by Crippen LogP contribution is -2.47. The van der Waals surface area contributed by atoms with E-state index in [0.29, 0.717) is 12.2 Å². The Kier molecular flexibility index (Phi) is 5.73. The van der Waals surface area contributed by atoms with Crippen LogP contribution < -0.4 is 9.04 Å². The normalized spacial score (nSPS) is 16.4. The van der Waals surface area contributed by atoms with Crippen molar-refractivity contribution in [1.82, 2.24) is 4.90 Å². The Labute approximate surface area is 183 Å². The lowest BCUT2D eigenvalue weighted by molar-refractivity contribution is 0.226. The number of benzene rings is 3. The summed E-state index contributed by atoms with van der Waals surface area (Å²) in [4.78, 5) is 2.26. The van der Waals surface area contributed by atoms with E-state index in [-0.39, 0.29) is 17.6 Å². The number of rotatable bonds is 5. The molecule has 3 aromatic carbocycles. The molecule has 0 N–H and O–H groups in total. The number of terminal acetylenes is 1. The third-order valence-electron chi connectivity index (χ3n) is 5.49. The second kappa shape index (κ2) is 8.46. The van der Waals surface area contributed by atoms with Gasteiger partial charge in [0.25, 0.3) is 10.0 Å². The third kappa shape index (κ3) is 4.02. The minimum atomic E-state index is -3.76. The SMILES string of the molecule is C#C[C@H]1c2ccccc2N(S(=O)(=O)c2ccc(C)cc2)CN1Cc1ccc(OC)cc1. The molecule has 31 heavy (non-hydrogen) atoms. The summed E-state index contributed by atoms with van der Waals surface area (Å²) >= 11 is 0. The maximum atomic E-state index is 13.6. The van der Waals surface area contributed by atoms with Crippen LogP contribution in [0.15, 0.2) is 77.7 Å². The topological polar surface area (TPSA) is 49.9 Å². The smallest absolute Gasteiger partial charge is 0.265 e. The average molecular weight is 433 g/mol. The van der Waals surface area contributed by atoms with Gasteiger partial charge in [0.05, 0.1) is 24.4 Å². The molecule has 0 aliphatic carbocycles. The molecule has 1 heterocycles. The number of nitrogens with zero attached hydrogens (tertiary/aromatic N) is 2. The van der Waals surface area contributed by atoms with Gasteiger partial charge in [0.2, 0.25) is 0 Å². The molecular weight excluding hydrogens is 408 g/mol. The summed E-state index contributed by atoms with van der Waals surface area (Å²) in [6.07, 6.45) is 5.91. The van der Waals surface area contributed by atoms with Gasteiger partial charge in [0.15, 0.2) is 0 Å². The number of para-hydroxylation sites is 1. The highest BCUT2D eigenvalue weighted by Crippen LogP contribution is 2.39. The summed E-state index contributed by atoms with van der Waals surface area (Å²) in [6, 6.07) is 21.7. The molecule has 0 radical (unpaired) electrons. The Balaban J connectivity index is 1.75. The molecule has 1 aliphatic heterocycles. The van der Waals surface area contributed by atoms with Crippen LogP contribution in [0.2, 0.25) is 0 Å². The van der Waals surface area contributed by atoms with Gasteiger partial charge in [-0.3, -0.25) is 9.21 Å². The van der Waals surface area contributed by atoms with E-state index in [2.05, 4.69) is 5.92 Å². The van der Waals surface area contributed by atoms with Gasteiger partial charge in [0, 0.05) is 12.1 Å². The van der Waals surface area contributed by atoms with Gasteiger partial charge in [-0.05, 0) is 42.8 Å². The Morgan fingerprint density at radius 3 is 2.35 bits per heavy atom. The molecule has 4 rings (SSSR count). The van der Waals surface area contributed by atoms with Gasteiger partial charge in [-0.15, -0.1) is 6.42 Å². The van der Waals surface area contributed by atoms with Gasteiger partial charge in [0.1, 0.15) is 11.8 Å². The number of fused-ring (bicyclic) bond motifs is 1. The Morgan fingerprint density at radius 1 is 1.03 bits per heavy atom. The van der Waals surface area contributed by atoms with Crippen LogP contribution in [-0.2, 0) is 16.6 Å². The Bertz CT molecular complexity index is 1210. The van der Waals surface area contributed by atoms with Crippen molar-refractivity contribution < 1.29 is 13.2 Å². The number of anilines is 1. The highest BCUT2D eigenvalue weighted by molar-refractivity contribution is 7.92. The van der Waals surface area contributed by atoms with Crippen molar-refractivity contribution in [3.8, 4) is 18.1 Å². The van der Waals surface area contributed by atoms with E-state index in [1.165, 1.54) is 4.31 Å². The van der Waals surface area contributed by atoms with Crippen LogP contribution in [0.4, 0.5) is 5.69 Å². The first-order valence-electron chi connectivity index (χ1n) is 9.95. The van der Waals surface area contributed by atoms with Crippen molar-refractivity contribution in [2.75, 3.05) is 18.1 Å². The molecule has 0 aromatic heterocycles. The molecule has 0 amide bonds. The molecule has 0 fully saturated rings. The molecule has 0 spiro atoms. The predicted molar refractivity (Wildman–Crippen MR) is 122 cm³/mol. The zero-order valence-corrected chi connectivity index (χ0v) is 18.3. The molecule has 1 aliphatic rings. The third-order valence-corrected chi connectivity index (χ3v) is 7.25. The van der Waals surface area contributed by atoms with E-state index in [4.69, 9.17) is 11.2 Å². The average Bonchev–Trinajstić information content (AvgIpc) is 2.79. The monoisotopic (exact) mass is 432 g/mol. The lowest BCUT2D eigenvalue weighted by atomic mass is 10.0. The van der Waals surface area contributed by atoms with Gasteiger partial charge in [-0.1, -0.05) is 53.9 Å². The van der Waals surface area contributed by atoms with Crippen LogP contribution in [0.5, 0.6) is 5.75 Å². The number of methoxy groups -OCH3 is 1. The van der Waals surface area contributed by atoms with Gasteiger partial charge in [-0.2, -0.15) is 0 Å². The van der Waals surface area contributed by atoms with E-state index >= 15 is 0 Å². The second-order valence-corrected chi connectivity index (χ2v) is 9.39. The van der Waals surface area contributed by atoms with E-state index in [9.17, 15) is 8.42 Å². The van der Waals surface area contributed by atoms with Crippen molar-refractivity contribution in [2.45, 2.75) is 24.4 Å². The molecule has 6 heteroatoms. The van der Waals surface area contributed by atoms with Crippen LogP contribution >= 0.6 is 0 Å². The number of hydrogen-bond acceptors (Lipinski definition) is 4. The van der Waals surface area contributed by atoms with E-state index < -0.39 is 10.0 Å². The predicted octanol–water partition coefficient (Wildman–Crippen LogP) is 4.35. The number of ether oxygens (including phenoxy) is 1. The Morgan fingerprint density at radius 2 is 1.71 bits per heavy atom. The first-order valence-corrected chi connectivity index (χ1v) is 11.4. The van der Waals surface area contributed by atoms with Gasteiger partial charge >= 0.3 is 0 Å². The summed E-state index contributed by atoms with van der Waals surface area (Å²) in [5.74, 6) is 3.62. The van der Waals surface area contributed by atoms with Crippen molar-refractivity contribution in [3.63, 3.8) is 0 Å². The van der Waals surface area contributed by atoms with Crippen LogP contribution in [0, 0.1) is 19.3 Å². The van der Waals surface area contributed by atoms with E-state index in [1.54, 1.807) is 19.2 Å². The lowest BCUT2D eigenvalue weighted by Gasteiger charge is -2.41. The summed E-state index contributed by atoms with van der Waals surface area (Å²) in [5, 5.41) is 0. The number of sulfonamides is 1. The zero-order valence-electron chi connectivity index (χ0n) is 17.5. The molecule has 0 saturated heterocycles. The van der Waals surface area contributed by atoms with Crippen LogP contribution in [0.3, 0.4) is 0 Å². The minimum Gasteiger partial charge on any atom is -0.497 e.